The first kappa shape index (κ1) is 26.9. The molecule has 0 radical (unpaired) electrons. The van der Waals surface area contributed by atoms with Crippen LogP contribution in [0, 0.1) is 0 Å². The SMILES string of the molecule is CC(=O)c1ccc(C(F)(F)CNC(=O)c2c(Oc3cccc(C(F)(F)F)c3)nnc3ccccc23)c(Cl)c1. The van der Waals surface area contributed by atoms with Gasteiger partial charge in [-0.1, -0.05) is 48.0 Å². The molecule has 6 nitrogen and oxygen atoms in total. The van der Waals surface area contributed by atoms with E-state index in [-0.39, 0.29) is 38.6 Å². The number of hydrogen-bond donors (Lipinski definition) is 1. The third kappa shape index (κ3) is 5.72. The zero-order valence-electron chi connectivity index (χ0n) is 19.4. The van der Waals surface area contributed by atoms with E-state index in [0.29, 0.717) is 6.07 Å². The molecule has 4 aromatic rings. The van der Waals surface area contributed by atoms with Crippen LogP contribution in [0.4, 0.5) is 22.0 Å². The summed E-state index contributed by atoms with van der Waals surface area (Å²) in [6.07, 6.45) is -4.65. The number of nitrogens with zero attached hydrogens (tertiary/aromatic N) is 2. The normalized spacial score (nSPS) is 11.9. The van der Waals surface area contributed by atoms with Gasteiger partial charge in [0.15, 0.2) is 5.78 Å². The van der Waals surface area contributed by atoms with Crippen LogP contribution >= 0.6 is 11.6 Å². The summed E-state index contributed by atoms with van der Waals surface area (Å²) >= 11 is 5.97. The van der Waals surface area contributed by atoms with E-state index in [4.69, 9.17) is 16.3 Å². The lowest BCUT2D eigenvalue weighted by molar-refractivity contribution is -0.137. The first-order chi connectivity index (χ1) is 17.9. The van der Waals surface area contributed by atoms with Crippen LogP contribution in [0.15, 0.2) is 66.7 Å². The fraction of sp³-hybridized carbons (Fsp3) is 0.154. The van der Waals surface area contributed by atoms with Crippen LogP contribution in [0.3, 0.4) is 0 Å². The highest BCUT2D eigenvalue weighted by atomic mass is 35.5. The summed E-state index contributed by atoms with van der Waals surface area (Å²) in [5.74, 6) is -5.80. The van der Waals surface area contributed by atoms with Gasteiger partial charge in [0, 0.05) is 16.5 Å². The smallest absolute Gasteiger partial charge is 0.416 e. The summed E-state index contributed by atoms with van der Waals surface area (Å²) in [5.41, 5.74) is -1.54. The number of aromatic nitrogens is 2. The van der Waals surface area contributed by atoms with E-state index in [2.05, 4.69) is 15.5 Å². The lowest BCUT2D eigenvalue weighted by Crippen LogP contribution is -2.35. The van der Waals surface area contributed by atoms with Gasteiger partial charge in [-0.05, 0) is 37.3 Å². The summed E-state index contributed by atoms with van der Waals surface area (Å²) in [6.45, 7) is 0.0699. The van der Waals surface area contributed by atoms with Crippen LogP contribution in [0.1, 0.15) is 38.8 Å². The number of rotatable bonds is 7. The van der Waals surface area contributed by atoms with E-state index in [1.807, 2.05) is 0 Å². The molecular weight excluding hydrogens is 533 g/mol. The Kier molecular flexibility index (Phi) is 7.32. The molecule has 0 saturated carbocycles. The Morgan fingerprint density at radius 1 is 0.947 bits per heavy atom. The Morgan fingerprint density at radius 2 is 1.68 bits per heavy atom. The molecule has 0 aliphatic carbocycles. The number of carbonyl (C=O) groups is 2. The highest BCUT2D eigenvalue weighted by Gasteiger charge is 2.35. The van der Waals surface area contributed by atoms with Crippen LogP contribution in [0.2, 0.25) is 5.02 Å². The van der Waals surface area contributed by atoms with Crippen molar-refractivity contribution in [2.45, 2.75) is 19.0 Å². The maximum absolute atomic E-state index is 15.0. The highest BCUT2D eigenvalue weighted by molar-refractivity contribution is 6.31. The lowest BCUT2D eigenvalue weighted by atomic mass is 10.0. The second-order valence-corrected chi connectivity index (χ2v) is 8.57. The minimum atomic E-state index is -4.65. The van der Waals surface area contributed by atoms with Gasteiger partial charge in [-0.2, -0.15) is 22.0 Å². The predicted octanol–water partition coefficient (Wildman–Crippen LogP) is 6.82. The molecule has 0 aliphatic heterocycles. The van der Waals surface area contributed by atoms with Crippen molar-refractivity contribution < 1.29 is 36.3 Å². The van der Waals surface area contributed by atoms with Gasteiger partial charge in [0.25, 0.3) is 17.7 Å². The van der Waals surface area contributed by atoms with E-state index in [9.17, 15) is 31.5 Å². The zero-order valence-corrected chi connectivity index (χ0v) is 20.2. The van der Waals surface area contributed by atoms with E-state index in [1.54, 1.807) is 12.1 Å². The molecule has 0 unspecified atom stereocenters. The Balaban J connectivity index is 1.65. The Morgan fingerprint density at radius 3 is 2.37 bits per heavy atom. The molecule has 0 atom stereocenters. The first-order valence-electron chi connectivity index (χ1n) is 10.9. The van der Waals surface area contributed by atoms with Crippen molar-refractivity contribution in [2.75, 3.05) is 6.54 Å². The molecule has 4 rings (SSSR count). The van der Waals surface area contributed by atoms with Crippen molar-refractivity contribution in [3.8, 4) is 11.6 Å². The Labute approximate surface area is 217 Å². The van der Waals surface area contributed by atoms with E-state index in [1.165, 1.54) is 31.2 Å². The molecule has 38 heavy (non-hydrogen) atoms. The van der Waals surface area contributed by atoms with Crippen molar-refractivity contribution in [3.63, 3.8) is 0 Å². The number of hydrogen-bond acceptors (Lipinski definition) is 5. The first-order valence-corrected chi connectivity index (χ1v) is 11.3. The van der Waals surface area contributed by atoms with Crippen LogP contribution in [-0.2, 0) is 12.1 Å². The summed E-state index contributed by atoms with van der Waals surface area (Å²) in [6, 6.07) is 13.3. The molecule has 0 aliphatic rings. The van der Waals surface area contributed by atoms with Gasteiger partial charge in [0.2, 0.25) is 0 Å². The number of benzene rings is 3. The monoisotopic (exact) mass is 549 g/mol. The standard InChI is InChI=1S/C26H17ClF5N3O3/c1-14(36)15-9-10-19(20(27)11-15)25(28,29)13-33-23(37)22-18-7-2-3-8-21(18)34-35-24(22)38-17-6-4-5-16(12-17)26(30,31)32/h2-12H,13H2,1H3,(H,33,37). The summed E-state index contributed by atoms with van der Waals surface area (Å²) in [5, 5.41) is 9.64. The summed E-state index contributed by atoms with van der Waals surface area (Å²) < 4.78 is 74.8. The second kappa shape index (κ2) is 10.3. The fourth-order valence-corrected chi connectivity index (χ4v) is 3.90. The molecule has 0 saturated heterocycles. The van der Waals surface area contributed by atoms with E-state index in [0.717, 1.165) is 24.3 Å². The Hall–Kier alpha value is -4.12. The third-order valence-electron chi connectivity index (χ3n) is 5.48. The van der Waals surface area contributed by atoms with Crippen LogP contribution < -0.4 is 10.1 Å². The fourth-order valence-electron chi connectivity index (χ4n) is 3.58. The number of carbonyl (C=O) groups excluding carboxylic acids is 2. The molecule has 1 aromatic heterocycles. The average molecular weight is 550 g/mol. The second-order valence-electron chi connectivity index (χ2n) is 8.16. The van der Waals surface area contributed by atoms with Crippen molar-refractivity contribution in [1.29, 1.82) is 0 Å². The number of Topliss-reactive ketones (excluding diaryl/α,β-unsaturated/α-hetero) is 1. The lowest BCUT2D eigenvalue weighted by Gasteiger charge is -2.20. The maximum atomic E-state index is 15.0. The van der Waals surface area contributed by atoms with E-state index < -0.39 is 41.6 Å². The summed E-state index contributed by atoms with van der Waals surface area (Å²) in [4.78, 5) is 24.6. The molecular formula is C26H17ClF5N3O3. The van der Waals surface area contributed by atoms with Gasteiger partial charge in [-0.25, -0.2) is 0 Å². The minimum absolute atomic E-state index is 0.143. The topological polar surface area (TPSA) is 81.2 Å². The van der Waals surface area contributed by atoms with Gasteiger partial charge >= 0.3 is 6.18 Å². The quantitative estimate of drug-likeness (QED) is 0.202. The van der Waals surface area contributed by atoms with Gasteiger partial charge in [-0.3, -0.25) is 9.59 Å². The predicted molar refractivity (Wildman–Crippen MR) is 129 cm³/mol. The minimum Gasteiger partial charge on any atom is -0.437 e. The number of amides is 1. The largest absolute Gasteiger partial charge is 0.437 e. The molecule has 1 amide bonds. The van der Waals surface area contributed by atoms with E-state index >= 15 is 0 Å². The van der Waals surface area contributed by atoms with Crippen LogP contribution in [0.5, 0.6) is 11.6 Å². The molecule has 0 bridgehead atoms. The highest BCUT2D eigenvalue weighted by Crippen LogP contribution is 2.36. The van der Waals surface area contributed by atoms with Crippen molar-refractivity contribution >= 4 is 34.2 Å². The van der Waals surface area contributed by atoms with Crippen molar-refractivity contribution in [3.05, 3.63) is 94.0 Å². The van der Waals surface area contributed by atoms with Crippen molar-refractivity contribution in [1.82, 2.24) is 15.5 Å². The average Bonchev–Trinajstić information content (AvgIpc) is 2.86. The summed E-state index contributed by atoms with van der Waals surface area (Å²) in [7, 11) is 0. The number of nitrogens with one attached hydrogen (secondary N) is 1. The molecule has 196 valence electrons. The molecule has 3 aromatic carbocycles. The van der Waals surface area contributed by atoms with Gasteiger partial charge in [0.1, 0.15) is 11.3 Å². The molecule has 0 fully saturated rings. The molecule has 1 heterocycles. The number of ether oxygens (including phenoxy) is 1. The third-order valence-corrected chi connectivity index (χ3v) is 5.79. The van der Waals surface area contributed by atoms with Crippen LogP contribution in [-0.4, -0.2) is 28.4 Å². The van der Waals surface area contributed by atoms with Crippen LogP contribution in [0.25, 0.3) is 10.9 Å². The van der Waals surface area contributed by atoms with Gasteiger partial charge in [-0.15, -0.1) is 10.2 Å². The van der Waals surface area contributed by atoms with Gasteiger partial charge in [0.05, 0.1) is 22.6 Å². The van der Waals surface area contributed by atoms with Crippen molar-refractivity contribution in [2.24, 2.45) is 0 Å². The molecule has 0 spiro atoms. The zero-order chi connectivity index (χ0) is 27.7. The number of halogens is 6. The number of fused-ring (bicyclic) bond motifs is 1. The van der Waals surface area contributed by atoms with Gasteiger partial charge < -0.3 is 10.1 Å². The maximum Gasteiger partial charge on any atom is 0.416 e. The number of alkyl halides is 5. The molecule has 1 N–H and O–H groups in total. The Bertz CT molecular complexity index is 1540. The molecule has 12 heteroatoms. The number of ketones is 1.